The minimum Gasteiger partial charge on any atom is -0.353 e. The number of aliphatic imine (C=N–C) groups is 1. The lowest BCUT2D eigenvalue weighted by atomic mass is 10.3. The molecule has 0 amide bonds. The first-order chi connectivity index (χ1) is 7.24. The fourth-order valence-corrected chi connectivity index (χ4v) is 1.38. The van der Waals surface area contributed by atoms with E-state index in [0.717, 1.165) is 30.2 Å². The maximum Gasteiger partial charge on any atom is 0.192 e. The van der Waals surface area contributed by atoms with Crippen molar-refractivity contribution >= 4 is 5.96 Å². The van der Waals surface area contributed by atoms with Crippen molar-refractivity contribution in [2.75, 3.05) is 13.1 Å². The number of aromatic nitrogens is 2. The van der Waals surface area contributed by atoms with Gasteiger partial charge < -0.3 is 10.6 Å². The summed E-state index contributed by atoms with van der Waals surface area (Å²) in [6.07, 6.45) is 3.82. The van der Waals surface area contributed by atoms with Crippen LogP contribution in [0.1, 0.15) is 5.56 Å². The number of aryl methyl sites for hydroxylation is 1. The number of guanidine groups is 1. The molecule has 2 heterocycles. The van der Waals surface area contributed by atoms with Crippen LogP contribution in [0.2, 0.25) is 0 Å². The third-order valence-electron chi connectivity index (χ3n) is 2.18. The molecule has 0 aromatic carbocycles. The second-order valence-electron chi connectivity index (χ2n) is 3.64. The van der Waals surface area contributed by atoms with Crippen LogP contribution in [0.4, 0.5) is 0 Å². The first kappa shape index (κ1) is 9.76. The van der Waals surface area contributed by atoms with Crippen molar-refractivity contribution in [1.82, 2.24) is 20.4 Å². The summed E-state index contributed by atoms with van der Waals surface area (Å²) in [6.45, 7) is 6.12. The predicted molar refractivity (Wildman–Crippen MR) is 59.5 cm³/mol. The van der Waals surface area contributed by atoms with Gasteiger partial charge in [0, 0.05) is 31.9 Å². The Kier molecular flexibility index (Phi) is 2.71. The number of hydrogen-bond donors (Lipinski definition) is 2. The molecule has 0 fully saturated rings. The van der Waals surface area contributed by atoms with E-state index in [4.69, 9.17) is 0 Å². The molecular formula is C10H15N5. The van der Waals surface area contributed by atoms with Gasteiger partial charge >= 0.3 is 0 Å². The van der Waals surface area contributed by atoms with Gasteiger partial charge in [-0.15, -0.1) is 0 Å². The topological polar surface area (TPSA) is 54.2 Å². The quantitative estimate of drug-likeness (QED) is 0.669. The molecule has 1 aliphatic heterocycles. The zero-order valence-corrected chi connectivity index (χ0v) is 8.82. The fourth-order valence-electron chi connectivity index (χ4n) is 1.38. The van der Waals surface area contributed by atoms with Gasteiger partial charge in [0.05, 0.1) is 12.7 Å². The maximum absolute atomic E-state index is 4.30. The first-order valence-electron chi connectivity index (χ1n) is 4.90. The van der Waals surface area contributed by atoms with Gasteiger partial charge in [0.25, 0.3) is 0 Å². The van der Waals surface area contributed by atoms with Crippen molar-refractivity contribution < 1.29 is 0 Å². The van der Waals surface area contributed by atoms with E-state index in [1.807, 2.05) is 19.4 Å². The minimum absolute atomic E-state index is 0.711. The molecule has 2 N–H and O–H groups in total. The summed E-state index contributed by atoms with van der Waals surface area (Å²) in [5.74, 6) is 0.839. The van der Waals surface area contributed by atoms with Gasteiger partial charge in [0.2, 0.25) is 0 Å². The van der Waals surface area contributed by atoms with Crippen molar-refractivity contribution in [2.24, 2.45) is 12.0 Å². The van der Waals surface area contributed by atoms with Gasteiger partial charge in [0.1, 0.15) is 0 Å². The maximum atomic E-state index is 4.30. The highest BCUT2D eigenvalue weighted by Crippen LogP contribution is 1.97. The highest BCUT2D eigenvalue weighted by molar-refractivity contribution is 5.81. The summed E-state index contributed by atoms with van der Waals surface area (Å²) < 4.78 is 1.79. The van der Waals surface area contributed by atoms with E-state index >= 15 is 0 Å². The van der Waals surface area contributed by atoms with Crippen molar-refractivity contribution in [2.45, 2.75) is 6.54 Å². The molecule has 1 aliphatic rings. The summed E-state index contributed by atoms with van der Waals surface area (Å²) in [5, 5.41) is 10.5. The molecule has 0 saturated carbocycles. The number of rotatable bonds is 2. The van der Waals surface area contributed by atoms with Crippen LogP contribution in [-0.4, -0.2) is 28.8 Å². The minimum atomic E-state index is 0.711. The van der Waals surface area contributed by atoms with E-state index in [-0.39, 0.29) is 0 Å². The molecule has 5 heteroatoms. The lowest BCUT2D eigenvalue weighted by molar-refractivity contribution is 0.764. The fraction of sp³-hybridized carbons (Fsp3) is 0.400. The van der Waals surface area contributed by atoms with Crippen molar-refractivity contribution in [3.8, 4) is 0 Å². The van der Waals surface area contributed by atoms with Crippen LogP contribution in [-0.2, 0) is 13.6 Å². The lowest BCUT2D eigenvalue weighted by Crippen LogP contribution is -2.40. The highest BCUT2D eigenvalue weighted by Gasteiger charge is 2.05. The molecule has 0 aliphatic carbocycles. The van der Waals surface area contributed by atoms with E-state index < -0.39 is 0 Å². The van der Waals surface area contributed by atoms with E-state index in [9.17, 15) is 0 Å². The Balaban J connectivity index is 1.86. The Hall–Kier alpha value is -1.78. The molecule has 5 nitrogen and oxygen atoms in total. The largest absolute Gasteiger partial charge is 0.353 e. The van der Waals surface area contributed by atoms with Gasteiger partial charge in [-0.1, -0.05) is 6.58 Å². The summed E-state index contributed by atoms with van der Waals surface area (Å²) in [6, 6.07) is 0. The average Bonchev–Trinajstić information content (AvgIpc) is 2.64. The van der Waals surface area contributed by atoms with Crippen LogP contribution < -0.4 is 10.6 Å². The van der Waals surface area contributed by atoms with Gasteiger partial charge in [0.15, 0.2) is 5.96 Å². The van der Waals surface area contributed by atoms with Crippen molar-refractivity contribution in [3.05, 3.63) is 30.1 Å². The van der Waals surface area contributed by atoms with E-state index in [0.29, 0.717) is 6.54 Å². The SMILES string of the molecule is C=C1CN=C(NCc2cnn(C)c2)NC1. The standard InChI is InChI=1S/C10H15N5/c1-8-3-11-10(12-4-8)13-5-9-6-14-15(2)7-9/h6-7H,1,3-5H2,2H3,(H2,11,12,13). The molecule has 2 rings (SSSR count). The summed E-state index contributed by atoms with van der Waals surface area (Å²) in [7, 11) is 1.91. The Morgan fingerprint density at radius 3 is 3.13 bits per heavy atom. The second kappa shape index (κ2) is 4.16. The Morgan fingerprint density at radius 1 is 1.67 bits per heavy atom. The molecule has 0 spiro atoms. The molecule has 0 atom stereocenters. The number of hydrogen-bond acceptors (Lipinski definition) is 4. The van der Waals surface area contributed by atoms with Crippen molar-refractivity contribution in [3.63, 3.8) is 0 Å². The van der Waals surface area contributed by atoms with Gasteiger partial charge in [-0.2, -0.15) is 5.10 Å². The van der Waals surface area contributed by atoms with E-state index in [2.05, 4.69) is 27.3 Å². The molecule has 0 unspecified atom stereocenters. The van der Waals surface area contributed by atoms with E-state index in [1.54, 1.807) is 4.68 Å². The molecule has 1 aromatic rings. The smallest absolute Gasteiger partial charge is 0.192 e. The Morgan fingerprint density at radius 2 is 2.53 bits per heavy atom. The van der Waals surface area contributed by atoms with Crippen LogP contribution >= 0.6 is 0 Å². The van der Waals surface area contributed by atoms with Gasteiger partial charge in [-0.05, 0) is 5.57 Å². The van der Waals surface area contributed by atoms with Gasteiger partial charge in [-0.3, -0.25) is 4.68 Å². The van der Waals surface area contributed by atoms with Gasteiger partial charge in [-0.25, -0.2) is 4.99 Å². The summed E-state index contributed by atoms with van der Waals surface area (Å²) >= 11 is 0. The second-order valence-corrected chi connectivity index (χ2v) is 3.64. The summed E-state index contributed by atoms with van der Waals surface area (Å²) in [5.41, 5.74) is 2.26. The van der Waals surface area contributed by atoms with Crippen LogP contribution in [0.15, 0.2) is 29.5 Å². The molecule has 80 valence electrons. The average molecular weight is 205 g/mol. The Bertz CT molecular complexity index is 390. The van der Waals surface area contributed by atoms with Crippen LogP contribution in [0.3, 0.4) is 0 Å². The monoisotopic (exact) mass is 205 g/mol. The molecule has 1 aromatic heterocycles. The molecule has 0 radical (unpaired) electrons. The summed E-state index contributed by atoms with van der Waals surface area (Å²) in [4.78, 5) is 4.30. The predicted octanol–water partition coefficient (Wildman–Crippen LogP) is 0.0251. The molecule has 15 heavy (non-hydrogen) atoms. The lowest BCUT2D eigenvalue weighted by Gasteiger charge is -2.17. The van der Waals surface area contributed by atoms with Crippen LogP contribution in [0.5, 0.6) is 0 Å². The zero-order chi connectivity index (χ0) is 10.7. The van der Waals surface area contributed by atoms with E-state index in [1.165, 1.54) is 0 Å². The molecular weight excluding hydrogens is 190 g/mol. The highest BCUT2D eigenvalue weighted by atomic mass is 15.2. The number of nitrogens with zero attached hydrogens (tertiary/aromatic N) is 3. The van der Waals surface area contributed by atoms with Crippen LogP contribution in [0.25, 0.3) is 0 Å². The van der Waals surface area contributed by atoms with Crippen LogP contribution in [0, 0.1) is 0 Å². The van der Waals surface area contributed by atoms with Crippen molar-refractivity contribution in [1.29, 1.82) is 0 Å². The third kappa shape index (κ3) is 2.59. The molecule has 0 saturated heterocycles. The normalized spacial score (nSPS) is 15.8. The molecule has 0 bridgehead atoms. The third-order valence-corrected chi connectivity index (χ3v) is 2.18. The first-order valence-corrected chi connectivity index (χ1v) is 4.90. The Labute approximate surface area is 88.9 Å². The zero-order valence-electron chi connectivity index (χ0n) is 8.82. The number of nitrogens with one attached hydrogen (secondary N) is 2.